The van der Waals surface area contributed by atoms with Crippen LogP contribution >= 0.6 is 0 Å². The molecule has 8 heteroatoms. The Balaban J connectivity index is 1.58. The van der Waals surface area contributed by atoms with E-state index in [9.17, 15) is 8.42 Å². The summed E-state index contributed by atoms with van der Waals surface area (Å²) in [5.41, 5.74) is 2.61. The summed E-state index contributed by atoms with van der Waals surface area (Å²) in [7, 11) is -3.89. The monoisotopic (exact) mass is 437 g/mol. The molecular weight excluding hydrogens is 414 g/mol. The molecule has 0 amide bonds. The number of benzene rings is 2. The van der Waals surface area contributed by atoms with Gasteiger partial charge in [0.05, 0.1) is 13.2 Å². The number of rotatable bonds is 4. The van der Waals surface area contributed by atoms with Crippen LogP contribution in [0.15, 0.2) is 76.3 Å². The standard InChI is InChI=1S/C23H23N3O4S/c27-31(28,22-12-6-11-21-23(22)25-30-24-21)26-14-18-9-4-5-10-19(18)15-29-16-20(26)13-17-7-2-1-3-8-17/h1-7,9-12,17,20H,8,13-16H2. The Bertz CT molecular complexity index is 1250. The molecule has 1 aromatic heterocycles. The lowest BCUT2D eigenvalue weighted by atomic mass is 9.93. The van der Waals surface area contributed by atoms with Crippen LogP contribution < -0.4 is 0 Å². The van der Waals surface area contributed by atoms with Crippen molar-refractivity contribution in [1.82, 2.24) is 14.6 Å². The number of allylic oxidation sites excluding steroid dienone is 4. The van der Waals surface area contributed by atoms with Crippen LogP contribution in [0.3, 0.4) is 0 Å². The second-order valence-electron chi connectivity index (χ2n) is 7.92. The summed E-state index contributed by atoms with van der Waals surface area (Å²) in [5.74, 6) is 0.260. The third kappa shape index (κ3) is 3.94. The van der Waals surface area contributed by atoms with Crippen molar-refractivity contribution in [3.63, 3.8) is 0 Å². The molecule has 1 aliphatic heterocycles. The minimum Gasteiger partial charge on any atom is -0.375 e. The Hall–Kier alpha value is -2.81. The maximum atomic E-state index is 14.0. The van der Waals surface area contributed by atoms with Crippen molar-refractivity contribution in [3.8, 4) is 0 Å². The van der Waals surface area contributed by atoms with E-state index in [1.807, 2.05) is 36.4 Å². The fraction of sp³-hybridized carbons (Fsp3) is 0.304. The molecule has 0 bridgehead atoms. The van der Waals surface area contributed by atoms with E-state index in [4.69, 9.17) is 9.37 Å². The molecule has 31 heavy (non-hydrogen) atoms. The van der Waals surface area contributed by atoms with Crippen molar-refractivity contribution < 1.29 is 17.8 Å². The van der Waals surface area contributed by atoms with Crippen LogP contribution in [0.1, 0.15) is 24.0 Å². The second-order valence-corrected chi connectivity index (χ2v) is 9.78. The van der Waals surface area contributed by atoms with Crippen LogP contribution in [0.4, 0.5) is 0 Å². The molecule has 0 saturated heterocycles. The summed E-state index contributed by atoms with van der Waals surface area (Å²) in [4.78, 5) is 0.105. The zero-order chi connectivity index (χ0) is 21.3. The maximum absolute atomic E-state index is 14.0. The van der Waals surface area contributed by atoms with E-state index < -0.39 is 10.0 Å². The smallest absolute Gasteiger partial charge is 0.246 e. The lowest BCUT2D eigenvalue weighted by molar-refractivity contribution is 0.0605. The molecule has 2 aromatic carbocycles. The number of sulfonamides is 1. The summed E-state index contributed by atoms with van der Waals surface area (Å²) in [6.07, 6.45) is 9.86. The van der Waals surface area contributed by atoms with Gasteiger partial charge >= 0.3 is 0 Å². The van der Waals surface area contributed by atoms with Crippen LogP contribution in [0.2, 0.25) is 0 Å². The van der Waals surface area contributed by atoms with Gasteiger partial charge in [0, 0.05) is 12.6 Å². The fourth-order valence-electron chi connectivity index (χ4n) is 4.28. The van der Waals surface area contributed by atoms with Gasteiger partial charge in [-0.1, -0.05) is 54.6 Å². The molecule has 0 N–H and O–H groups in total. The molecule has 5 rings (SSSR count). The van der Waals surface area contributed by atoms with Crippen molar-refractivity contribution in [1.29, 1.82) is 0 Å². The van der Waals surface area contributed by atoms with Gasteiger partial charge in [0.15, 0.2) is 5.52 Å². The van der Waals surface area contributed by atoms with Crippen LogP contribution in [-0.2, 0) is 27.9 Å². The van der Waals surface area contributed by atoms with Gasteiger partial charge in [-0.05, 0) is 52.3 Å². The van der Waals surface area contributed by atoms with E-state index in [2.05, 4.69) is 22.5 Å². The van der Waals surface area contributed by atoms with Crippen molar-refractivity contribution in [3.05, 3.63) is 77.9 Å². The summed E-state index contributed by atoms with van der Waals surface area (Å²) < 4.78 is 40.3. The average molecular weight is 438 g/mol. The third-order valence-electron chi connectivity index (χ3n) is 5.90. The fourth-order valence-corrected chi connectivity index (χ4v) is 6.01. The quantitative estimate of drug-likeness (QED) is 0.617. The summed E-state index contributed by atoms with van der Waals surface area (Å²) in [6.45, 7) is 1.08. The topological polar surface area (TPSA) is 85.5 Å². The number of nitrogens with zero attached hydrogens (tertiary/aromatic N) is 3. The van der Waals surface area contributed by atoms with Gasteiger partial charge in [-0.25, -0.2) is 13.0 Å². The van der Waals surface area contributed by atoms with Gasteiger partial charge in [-0.2, -0.15) is 4.31 Å². The molecule has 2 atom stereocenters. The summed E-state index contributed by atoms with van der Waals surface area (Å²) in [5, 5.41) is 7.67. The largest absolute Gasteiger partial charge is 0.375 e. The first kappa shape index (κ1) is 20.1. The lowest BCUT2D eigenvalue weighted by Crippen LogP contribution is -2.44. The van der Waals surface area contributed by atoms with Gasteiger partial charge in [-0.15, -0.1) is 0 Å². The molecule has 0 fully saturated rings. The minimum atomic E-state index is -3.89. The molecule has 3 aromatic rings. The Labute approximate surface area is 181 Å². The zero-order valence-corrected chi connectivity index (χ0v) is 17.7. The predicted octanol–water partition coefficient (Wildman–Crippen LogP) is 3.83. The lowest BCUT2D eigenvalue weighted by Gasteiger charge is -2.35. The Kier molecular flexibility index (Phi) is 5.43. The van der Waals surface area contributed by atoms with Gasteiger partial charge in [0.2, 0.25) is 10.0 Å². The van der Waals surface area contributed by atoms with Gasteiger partial charge < -0.3 is 4.74 Å². The van der Waals surface area contributed by atoms with Gasteiger partial charge in [0.1, 0.15) is 10.4 Å². The van der Waals surface area contributed by atoms with Gasteiger partial charge in [-0.3, -0.25) is 0 Å². The van der Waals surface area contributed by atoms with Crippen LogP contribution in [0.5, 0.6) is 0 Å². The number of hydrogen-bond donors (Lipinski definition) is 0. The Morgan fingerprint density at radius 3 is 2.74 bits per heavy atom. The highest BCUT2D eigenvalue weighted by Crippen LogP contribution is 2.31. The second kappa shape index (κ2) is 8.37. The summed E-state index contributed by atoms with van der Waals surface area (Å²) in [6, 6.07) is 12.4. The number of fused-ring (bicyclic) bond motifs is 2. The van der Waals surface area contributed by atoms with Crippen molar-refractivity contribution in [2.75, 3.05) is 6.61 Å². The normalized spacial score (nSPS) is 22.2. The average Bonchev–Trinajstić information content (AvgIpc) is 3.25. The van der Waals surface area contributed by atoms with E-state index in [-0.39, 0.29) is 28.9 Å². The Morgan fingerprint density at radius 1 is 1.03 bits per heavy atom. The van der Waals surface area contributed by atoms with Gasteiger partial charge in [0.25, 0.3) is 0 Å². The molecule has 0 spiro atoms. The third-order valence-corrected chi connectivity index (χ3v) is 7.83. The molecular formula is C23H23N3O4S. The van der Waals surface area contributed by atoms with E-state index in [1.165, 1.54) is 0 Å². The molecule has 2 aliphatic rings. The van der Waals surface area contributed by atoms with E-state index in [1.54, 1.807) is 22.5 Å². The Morgan fingerprint density at radius 2 is 1.90 bits per heavy atom. The maximum Gasteiger partial charge on any atom is 0.246 e. The zero-order valence-electron chi connectivity index (χ0n) is 16.9. The highest BCUT2D eigenvalue weighted by molar-refractivity contribution is 7.89. The highest BCUT2D eigenvalue weighted by Gasteiger charge is 2.36. The van der Waals surface area contributed by atoms with Crippen LogP contribution in [0.25, 0.3) is 11.0 Å². The number of aromatic nitrogens is 2. The van der Waals surface area contributed by atoms with Crippen molar-refractivity contribution in [2.45, 2.75) is 36.9 Å². The molecule has 0 saturated carbocycles. The molecule has 2 unspecified atom stereocenters. The first-order valence-corrected chi connectivity index (χ1v) is 11.8. The van der Waals surface area contributed by atoms with E-state index >= 15 is 0 Å². The van der Waals surface area contributed by atoms with Crippen molar-refractivity contribution >= 4 is 21.1 Å². The first-order chi connectivity index (χ1) is 15.1. The van der Waals surface area contributed by atoms with E-state index in [0.29, 0.717) is 25.2 Å². The SMILES string of the molecule is O=S(=O)(c1cccc2nonc12)N1Cc2ccccc2COCC1CC1C=CC=CC1. The molecule has 1 aliphatic carbocycles. The molecule has 7 nitrogen and oxygen atoms in total. The minimum absolute atomic E-state index is 0.105. The van der Waals surface area contributed by atoms with Crippen LogP contribution in [-0.4, -0.2) is 35.7 Å². The molecule has 2 heterocycles. The number of hydrogen-bond acceptors (Lipinski definition) is 6. The highest BCUT2D eigenvalue weighted by atomic mass is 32.2. The first-order valence-electron chi connectivity index (χ1n) is 10.3. The molecule has 0 radical (unpaired) electrons. The van der Waals surface area contributed by atoms with Crippen molar-refractivity contribution in [2.24, 2.45) is 5.92 Å². The van der Waals surface area contributed by atoms with Crippen LogP contribution in [0, 0.1) is 5.92 Å². The predicted molar refractivity (Wildman–Crippen MR) is 115 cm³/mol. The number of ether oxygens (including phenoxy) is 1. The van der Waals surface area contributed by atoms with E-state index in [0.717, 1.165) is 17.5 Å². The summed E-state index contributed by atoms with van der Waals surface area (Å²) >= 11 is 0. The molecule has 160 valence electrons.